The lowest BCUT2D eigenvalue weighted by molar-refractivity contribution is 0.400. The number of hydrogen-bond acceptors (Lipinski definition) is 9. The number of nitrogens with two attached hydrogens (primary N) is 1. The zero-order valence-electron chi connectivity index (χ0n) is 22.1. The second-order valence-electron chi connectivity index (χ2n) is 8.80. The van der Waals surface area contributed by atoms with Crippen molar-refractivity contribution in [1.82, 2.24) is 14.9 Å². The Morgan fingerprint density at radius 1 is 1.02 bits per heavy atom. The fourth-order valence-corrected chi connectivity index (χ4v) is 4.91. The maximum absolute atomic E-state index is 13.4. The average Bonchev–Trinajstić information content (AvgIpc) is 2.89. The number of sulfonamides is 1. The highest BCUT2D eigenvalue weighted by molar-refractivity contribution is 7.92. The largest absolute Gasteiger partial charge is 0.760 e. The standard InChI is InChI=1S/C26H28ClN5O3S.H3NO2S/c1-32(2)15-7-9-18-8-6-10-20(16-18)36(33,34)31-26-25(28-22-11-4-5-12-23(22)29-26)30-24-17-19(35-3)13-14-21(24)27;1-4(2)3/h4-6,8,10-14,16-17H,7,9,15H2,1-3H3,(H,28,30)(H,29,31);1H2,(H,2,3)/p-1. The Balaban J connectivity index is 0.00000103. The van der Waals surface area contributed by atoms with Crippen LogP contribution in [0.15, 0.2) is 71.6 Å². The molecule has 1 unspecified atom stereocenters. The van der Waals surface area contributed by atoms with Gasteiger partial charge in [0.25, 0.3) is 10.0 Å². The average molecular weight is 606 g/mol. The molecule has 214 valence electrons. The molecule has 4 rings (SSSR count). The van der Waals surface area contributed by atoms with E-state index in [2.05, 4.69) is 30.0 Å². The van der Waals surface area contributed by atoms with E-state index in [0.29, 0.717) is 27.5 Å². The molecule has 3 aromatic carbocycles. The van der Waals surface area contributed by atoms with Gasteiger partial charge in [-0.25, -0.2) is 18.4 Å². The third-order valence-corrected chi connectivity index (χ3v) is 7.17. The monoisotopic (exact) mass is 605 g/mol. The first kappa shape index (κ1) is 31.2. The lowest BCUT2D eigenvalue weighted by atomic mass is 10.1. The van der Waals surface area contributed by atoms with Gasteiger partial charge < -0.3 is 19.5 Å². The van der Waals surface area contributed by atoms with E-state index in [1.165, 1.54) is 0 Å². The van der Waals surface area contributed by atoms with E-state index in [1.54, 1.807) is 55.6 Å². The summed E-state index contributed by atoms with van der Waals surface area (Å²) in [6.07, 6.45) is 1.70. The first-order valence-corrected chi connectivity index (χ1v) is 15.0. The number of fused-ring (bicyclic) bond motifs is 1. The molecule has 0 aliphatic heterocycles. The second-order valence-corrected chi connectivity index (χ2v) is 11.4. The predicted molar refractivity (Wildman–Crippen MR) is 158 cm³/mol. The number of benzene rings is 3. The van der Waals surface area contributed by atoms with Crippen LogP contribution in [0.1, 0.15) is 12.0 Å². The molecule has 0 amide bonds. The highest BCUT2D eigenvalue weighted by Crippen LogP contribution is 2.32. The highest BCUT2D eigenvalue weighted by Gasteiger charge is 2.20. The minimum atomic E-state index is -3.94. The van der Waals surface area contributed by atoms with E-state index in [-0.39, 0.29) is 16.5 Å². The molecule has 0 aliphatic rings. The molecule has 14 heteroatoms. The van der Waals surface area contributed by atoms with Crippen molar-refractivity contribution >= 4 is 61.2 Å². The smallest absolute Gasteiger partial charge is 0.263 e. The van der Waals surface area contributed by atoms with E-state index < -0.39 is 21.3 Å². The first-order chi connectivity index (χ1) is 19.0. The summed E-state index contributed by atoms with van der Waals surface area (Å²) in [7, 11) is 1.64. The summed E-state index contributed by atoms with van der Waals surface area (Å²) in [6.45, 7) is 0.920. The number of para-hydroxylation sites is 2. The van der Waals surface area contributed by atoms with Crippen LogP contribution in [0.2, 0.25) is 5.02 Å². The van der Waals surface area contributed by atoms with Crippen LogP contribution in [0.4, 0.5) is 17.3 Å². The van der Waals surface area contributed by atoms with Crippen LogP contribution in [0.25, 0.3) is 11.0 Å². The number of nitrogens with one attached hydrogen (secondary N) is 2. The van der Waals surface area contributed by atoms with Crippen LogP contribution in [0, 0.1) is 0 Å². The molecule has 0 fully saturated rings. The van der Waals surface area contributed by atoms with E-state index in [9.17, 15) is 8.42 Å². The molecular formula is C26H30ClN6O5S2-. The van der Waals surface area contributed by atoms with Crippen molar-refractivity contribution in [3.63, 3.8) is 0 Å². The minimum absolute atomic E-state index is 0.0607. The van der Waals surface area contributed by atoms with Crippen molar-refractivity contribution in [2.45, 2.75) is 17.7 Å². The molecule has 4 N–H and O–H groups in total. The zero-order valence-corrected chi connectivity index (χ0v) is 24.5. The number of aromatic nitrogens is 2. The van der Waals surface area contributed by atoms with Crippen molar-refractivity contribution in [3.8, 4) is 5.75 Å². The van der Waals surface area contributed by atoms with Crippen LogP contribution >= 0.6 is 11.6 Å². The molecule has 1 heterocycles. The SMILES string of the molecule is COc1ccc(Cl)c(Nc2nc3ccccc3nc2NS(=O)(=O)c2cccc(CCCN(C)C)c2)c1.NS(=O)[O-]. The van der Waals surface area contributed by atoms with Gasteiger partial charge in [-0.15, -0.1) is 0 Å². The number of halogens is 1. The topological polar surface area (TPSA) is 163 Å². The summed E-state index contributed by atoms with van der Waals surface area (Å²) in [5.74, 6) is 0.865. The van der Waals surface area contributed by atoms with E-state index in [0.717, 1.165) is 24.9 Å². The highest BCUT2D eigenvalue weighted by atomic mass is 35.5. The molecule has 0 aliphatic carbocycles. The maximum atomic E-state index is 13.4. The third-order valence-electron chi connectivity index (χ3n) is 5.51. The second kappa shape index (κ2) is 14.3. The molecular weight excluding hydrogens is 576 g/mol. The quantitative estimate of drug-likeness (QED) is 0.226. The Hall–Kier alpha value is -3.33. The Morgan fingerprint density at radius 3 is 2.30 bits per heavy atom. The van der Waals surface area contributed by atoms with Crippen molar-refractivity contribution in [3.05, 3.63) is 77.3 Å². The van der Waals surface area contributed by atoms with Crippen molar-refractivity contribution in [2.75, 3.05) is 37.8 Å². The van der Waals surface area contributed by atoms with Gasteiger partial charge in [0.05, 0.1) is 33.7 Å². The van der Waals surface area contributed by atoms with Gasteiger partial charge in [-0.3, -0.25) is 14.1 Å². The molecule has 1 atom stereocenters. The molecule has 4 aromatic rings. The molecule has 0 spiro atoms. The van der Waals surface area contributed by atoms with Crippen molar-refractivity contribution < 1.29 is 21.9 Å². The van der Waals surface area contributed by atoms with Gasteiger partial charge in [0, 0.05) is 17.3 Å². The van der Waals surface area contributed by atoms with E-state index >= 15 is 0 Å². The molecule has 0 saturated carbocycles. The summed E-state index contributed by atoms with van der Waals surface area (Å²) >= 11 is 4.01. The summed E-state index contributed by atoms with van der Waals surface area (Å²) in [6, 6.07) is 19.3. The Labute approximate surface area is 241 Å². The lowest BCUT2D eigenvalue weighted by Gasteiger charge is -2.15. The number of rotatable bonds is 10. The Morgan fingerprint density at radius 2 is 1.68 bits per heavy atom. The number of ether oxygens (including phenoxy) is 1. The summed E-state index contributed by atoms with van der Waals surface area (Å²) in [5, 5.41) is 7.56. The van der Waals surface area contributed by atoms with Crippen LogP contribution in [-0.4, -0.2) is 59.8 Å². The van der Waals surface area contributed by atoms with Crippen LogP contribution in [-0.2, 0) is 27.7 Å². The molecule has 11 nitrogen and oxygen atoms in total. The summed E-state index contributed by atoms with van der Waals surface area (Å²) in [4.78, 5) is 11.4. The molecule has 0 saturated heterocycles. The van der Waals surface area contributed by atoms with Crippen LogP contribution < -0.4 is 19.9 Å². The number of anilines is 3. The molecule has 0 radical (unpaired) electrons. The van der Waals surface area contributed by atoms with Gasteiger partial charge in [-0.1, -0.05) is 35.9 Å². The number of hydrogen-bond donors (Lipinski definition) is 3. The summed E-state index contributed by atoms with van der Waals surface area (Å²) < 4.78 is 52.2. The Bertz CT molecular complexity index is 1580. The van der Waals surface area contributed by atoms with Crippen molar-refractivity contribution in [1.29, 1.82) is 0 Å². The van der Waals surface area contributed by atoms with Gasteiger partial charge in [-0.05, 0) is 75.4 Å². The number of nitrogens with zero attached hydrogens (tertiary/aromatic N) is 3. The molecule has 0 bridgehead atoms. The van der Waals surface area contributed by atoms with E-state index in [4.69, 9.17) is 25.1 Å². The van der Waals surface area contributed by atoms with Crippen LogP contribution in [0.3, 0.4) is 0 Å². The van der Waals surface area contributed by atoms with Gasteiger partial charge >= 0.3 is 0 Å². The number of methoxy groups -OCH3 is 1. The maximum Gasteiger partial charge on any atom is 0.263 e. The van der Waals surface area contributed by atoms with Crippen LogP contribution in [0.5, 0.6) is 5.75 Å². The minimum Gasteiger partial charge on any atom is -0.760 e. The Kier molecular flexibility index (Phi) is 11.2. The fraction of sp³-hybridized carbons (Fsp3) is 0.231. The van der Waals surface area contributed by atoms with Crippen molar-refractivity contribution in [2.24, 2.45) is 5.14 Å². The van der Waals surface area contributed by atoms with Gasteiger partial charge in [0.1, 0.15) is 5.75 Å². The normalized spacial score (nSPS) is 12.0. The number of aryl methyl sites for hydroxylation is 1. The van der Waals surface area contributed by atoms with Gasteiger partial charge in [0.15, 0.2) is 11.6 Å². The van der Waals surface area contributed by atoms with Gasteiger partial charge in [0.2, 0.25) is 0 Å². The fourth-order valence-electron chi connectivity index (χ4n) is 3.67. The molecule has 40 heavy (non-hydrogen) atoms. The van der Waals surface area contributed by atoms with Gasteiger partial charge in [-0.2, -0.15) is 0 Å². The van der Waals surface area contributed by atoms with E-state index in [1.807, 2.05) is 32.3 Å². The zero-order chi connectivity index (χ0) is 29.3. The lowest BCUT2D eigenvalue weighted by Crippen LogP contribution is -2.16. The third kappa shape index (κ3) is 9.11. The predicted octanol–water partition coefficient (Wildman–Crippen LogP) is 4.07. The summed E-state index contributed by atoms with van der Waals surface area (Å²) in [5.41, 5.74) is 2.61. The molecule has 1 aromatic heterocycles. The first-order valence-electron chi connectivity index (χ1n) is 12.0.